The first-order chi connectivity index (χ1) is 11.3. The Kier molecular flexibility index (Phi) is 5.74. The molecule has 125 valence electrons. The zero-order chi connectivity index (χ0) is 17.6. The maximum atomic E-state index is 12.3. The van der Waals surface area contributed by atoms with Crippen LogP contribution in [0.2, 0.25) is 0 Å². The van der Waals surface area contributed by atoms with E-state index in [0.29, 0.717) is 17.7 Å². The molecule has 4 heteroatoms. The van der Waals surface area contributed by atoms with Crippen LogP contribution in [0.3, 0.4) is 0 Å². The fraction of sp³-hybridized carbons (Fsp3) is 0.300. The average molecular weight is 324 g/mol. The Labute approximate surface area is 142 Å². The zero-order valence-electron chi connectivity index (χ0n) is 14.3. The first-order valence-electron chi connectivity index (χ1n) is 7.92. The van der Waals surface area contributed by atoms with Gasteiger partial charge in [-0.3, -0.25) is 9.59 Å². The van der Waals surface area contributed by atoms with Gasteiger partial charge in [-0.15, -0.1) is 0 Å². The molecule has 0 aliphatic rings. The molecule has 0 saturated heterocycles. The quantitative estimate of drug-likeness (QED) is 0.845. The molecule has 0 aliphatic heterocycles. The van der Waals surface area contributed by atoms with E-state index < -0.39 is 5.60 Å². The van der Waals surface area contributed by atoms with E-state index in [1.165, 1.54) is 0 Å². The van der Waals surface area contributed by atoms with Crippen molar-refractivity contribution in [2.75, 3.05) is 5.32 Å². The number of amides is 1. The number of para-hydroxylation sites is 1. The molecule has 0 saturated carbocycles. The van der Waals surface area contributed by atoms with Crippen LogP contribution in [0.25, 0.3) is 0 Å². The molecule has 1 radical (unpaired) electrons. The summed E-state index contributed by atoms with van der Waals surface area (Å²) in [5.41, 5.74) is 1.62. The molecule has 4 nitrogen and oxygen atoms in total. The number of hydrogen-bond acceptors (Lipinski definition) is 3. The van der Waals surface area contributed by atoms with Crippen LogP contribution in [0, 0.1) is 6.07 Å². The second-order valence-corrected chi connectivity index (χ2v) is 6.52. The van der Waals surface area contributed by atoms with Gasteiger partial charge in [0.2, 0.25) is 0 Å². The molecule has 0 unspecified atom stereocenters. The van der Waals surface area contributed by atoms with Gasteiger partial charge < -0.3 is 10.1 Å². The Morgan fingerprint density at radius 1 is 1.12 bits per heavy atom. The Balaban J connectivity index is 1.96. The van der Waals surface area contributed by atoms with Crippen molar-refractivity contribution in [3.8, 4) is 0 Å². The minimum atomic E-state index is -0.481. The summed E-state index contributed by atoms with van der Waals surface area (Å²) in [6.07, 6.45) is 0.822. The van der Waals surface area contributed by atoms with Gasteiger partial charge >= 0.3 is 5.97 Å². The first-order valence-corrected chi connectivity index (χ1v) is 7.92. The largest absolute Gasteiger partial charge is 0.460 e. The molecule has 0 spiro atoms. The lowest BCUT2D eigenvalue weighted by molar-refractivity contribution is -0.154. The predicted molar refractivity (Wildman–Crippen MR) is 93.8 cm³/mol. The van der Waals surface area contributed by atoms with Crippen LogP contribution in [-0.2, 0) is 16.0 Å². The van der Waals surface area contributed by atoms with Gasteiger partial charge in [0.25, 0.3) is 5.91 Å². The minimum Gasteiger partial charge on any atom is -0.460 e. The van der Waals surface area contributed by atoms with E-state index in [9.17, 15) is 9.59 Å². The molecule has 0 bridgehead atoms. The molecule has 2 aromatic rings. The van der Waals surface area contributed by atoms with E-state index in [1.54, 1.807) is 24.3 Å². The molecule has 0 heterocycles. The monoisotopic (exact) mass is 324 g/mol. The van der Waals surface area contributed by atoms with Crippen molar-refractivity contribution in [3.63, 3.8) is 0 Å². The van der Waals surface area contributed by atoms with Gasteiger partial charge in [-0.05, 0) is 51.0 Å². The van der Waals surface area contributed by atoms with E-state index in [0.717, 1.165) is 5.56 Å². The van der Waals surface area contributed by atoms with E-state index in [2.05, 4.69) is 11.4 Å². The number of carbonyl (C=O) groups is 2. The minimum absolute atomic E-state index is 0.198. The number of esters is 1. The maximum absolute atomic E-state index is 12.3. The van der Waals surface area contributed by atoms with Crippen LogP contribution < -0.4 is 5.32 Å². The second-order valence-electron chi connectivity index (χ2n) is 6.52. The number of anilines is 1. The van der Waals surface area contributed by atoms with E-state index in [-0.39, 0.29) is 18.3 Å². The number of ether oxygens (including phenoxy) is 1. The Morgan fingerprint density at radius 2 is 1.92 bits per heavy atom. The second kappa shape index (κ2) is 7.77. The standard InChI is InChI=1S/C20H22NO3/c1-20(2,3)24-18(22)13-12-15-8-7-9-16(14-15)19(23)21-17-10-5-4-6-11-17/h4-10,14H,12-13H2,1-3H3,(H,21,23). The van der Waals surface area contributed by atoms with Gasteiger partial charge in [-0.1, -0.05) is 30.3 Å². The highest BCUT2D eigenvalue weighted by Crippen LogP contribution is 2.13. The zero-order valence-corrected chi connectivity index (χ0v) is 14.3. The van der Waals surface area contributed by atoms with Gasteiger partial charge in [0, 0.05) is 23.7 Å². The SMILES string of the molecule is CC(C)(C)OC(=O)CCc1cccc(C(=O)Nc2[c]cccc2)c1. The van der Waals surface area contributed by atoms with Crippen molar-refractivity contribution >= 4 is 17.6 Å². The van der Waals surface area contributed by atoms with Gasteiger partial charge in [0.15, 0.2) is 0 Å². The van der Waals surface area contributed by atoms with E-state index in [4.69, 9.17) is 4.74 Å². The molecule has 0 aromatic heterocycles. The van der Waals surface area contributed by atoms with Gasteiger partial charge in [0.1, 0.15) is 5.60 Å². The number of aryl methyl sites for hydroxylation is 1. The lowest BCUT2D eigenvalue weighted by Gasteiger charge is -2.19. The fourth-order valence-corrected chi connectivity index (χ4v) is 2.17. The van der Waals surface area contributed by atoms with Crippen molar-refractivity contribution in [3.05, 3.63) is 65.7 Å². The highest BCUT2D eigenvalue weighted by atomic mass is 16.6. The van der Waals surface area contributed by atoms with Gasteiger partial charge in [-0.25, -0.2) is 0 Å². The first kappa shape index (κ1) is 17.7. The summed E-state index contributed by atoms with van der Waals surface area (Å²) in [6, 6.07) is 17.4. The Morgan fingerprint density at radius 3 is 2.58 bits per heavy atom. The number of benzene rings is 2. The summed E-state index contributed by atoms with van der Waals surface area (Å²) in [6.45, 7) is 5.53. The van der Waals surface area contributed by atoms with E-state index in [1.807, 2.05) is 45.0 Å². The third-order valence-corrected chi connectivity index (χ3v) is 3.18. The molecule has 0 aliphatic carbocycles. The molecule has 1 amide bonds. The van der Waals surface area contributed by atoms with Crippen molar-refractivity contribution in [2.45, 2.75) is 39.2 Å². The van der Waals surface area contributed by atoms with E-state index >= 15 is 0 Å². The molecule has 0 fully saturated rings. The molecule has 1 N–H and O–H groups in total. The predicted octanol–water partition coefficient (Wildman–Crippen LogP) is 4.01. The van der Waals surface area contributed by atoms with Crippen molar-refractivity contribution in [1.29, 1.82) is 0 Å². The summed E-state index contributed by atoms with van der Waals surface area (Å²) in [5, 5.41) is 2.80. The van der Waals surface area contributed by atoms with Crippen LogP contribution in [-0.4, -0.2) is 17.5 Å². The Hall–Kier alpha value is -2.62. The van der Waals surface area contributed by atoms with Crippen LogP contribution in [0.4, 0.5) is 5.69 Å². The van der Waals surface area contributed by atoms with Crippen LogP contribution in [0.5, 0.6) is 0 Å². The van der Waals surface area contributed by atoms with Crippen LogP contribution >= 0.6 is 0 Å². The molecule has 2 rings (SSSR count). The highest BCUT2D eigenvalue weighted by molar-refractivity contribution is 6.04. The third kappa shape index (κ3) is 5.88. The normalized spacial score (nSPS) is 11.0. The lowest BCUT2D eigenvalue weighted by atomic mass is 10.1. The number of carbonyl (C=O) groups excluding carboxylic acids is 2. The van der Waals surface area contributed by atoms with Crippen molar-refractivity contribution in [1.82, 2.24) is 0 Å². The lowest BCUT2D eigenvalue weighted by Crippen LogP contribution is -2.24. The molecule has 2 aromatic carbocycles. The smallest absolute Gasteiger partial charge is 0.306 e. The number of hydrogen-bond donors (Lipinski definition) is 1. The van der Waals surface area contributed by atoms with Crippen LogP contribution in [0.15, 0.2) is 48.5 Å². The fourth-order valence-electron chi connectivity index (χ4n) is 2.17. The summed E-state index contributed by atoms with van der Waals surface area (Å²) in [4.78, 5) is 24.1. The number of nitrogens with one attached hydrogen (secondary N) is 1. The van der Waals surface area contributed by atoms with Gasteiger partial charge in [0.05, 0.1) is 0 Å². The van der Waals surface area contributed by atoms with Crippen molar-refractivity contribution < 1.29 is 14.3 Å². The molecule has 24 heavy (non-hydrogen) atoms. The molecular formula is C20H22NO3. The van der Waals surface area contributed by atoms with Crippen LogP contribution in [0.1, 0.15) is 43.1 Å². The average Bonchev–Trinajstić information content (AvgIpc) is 2.52. The summed E-state index contributed by atoms with van der Waals surface area (Å²) in [5.74, 6) is -0.437. The number of rotatable bonds is 5. The highest BCUT2D eigenvalue weighted by Gasteiger charge is 2.16. The molecule has 0 atom stereocenters. The third-order valence-electron chi connectivity index (χ3n) is 3.18. The summed E-state index contributed by atoms with van der Waals surface area (Å²) in [7, 11) is 0. The topological polar surface area (TPSA) is 55.4 Å². The summed E-state index contributed by atoms with van der Waals surface area (Å²) < 4.78 is 5.29. The van der Waals surface area contributed by atoms with Gasteiger partial charge in [-0.2, -0.15) is 0 Å². The van der Waals surface area contributed by atoms with Crippen molar-refractivity contribution in [2.24, 2.45) is 0 Å². The Bertz CT molecular complexity index is 702. The maximum Gasteiger partial charge on any atom is 0.306 e. The summed E-state index contributed by atoms with van der Waals surface area (Å²) >= 11 is 0. The molecular weight excluding hydrogens is 302 g/mol.